The van der Waals surface area contributed by atoms with Crippen LogP contribution in [-0.4, -0.2) is 84.6 Å². The van der Waals surface area contributed by atoms with E-state index in [2.05, 4.69) is 29.9 Å². The molecule has 1 fully saturated rings. The monoisotopic (exact) mass is 611 g/mol. The quantitative estimate of drug-likeness (QED) is 0.210. The van der Waals surface area contributed by atoms with Crippen LogP contribution in [0.25, 0.3) is 11.2 Å². The lowest BCUT2D eigenvalue weighted by molar-refractivity contribution is 0.0324. The molecule has 0 saturated carbocycles. The highest BCUT2D eigenvalue weighted by Gasteiger charge is 2.32. The summed E-state index contributed by atoms with van der Waals surface area (Å²) in [6.45, 7) is 12.7. The molecule has 1 aromatic carbocycles. The second-order valence-corrected chi connectivity index (χ2v) is 18.1. The van der Waals surface area contributed by atoms with Gasteiger partial charge in [-0.05, 0) is 38.3 Å². The minimum Gasteiger partial charge on any atom is -0.471 e. The summed E-state index contributed by atoms with van der Waals surface area (Å²) in [5.74, 6) is 0.0155. The maximum Gasteiger partial charge on any atom is 0.410 e. The Kier molecular flexibility index (Phi) is 11.2. The van der Waals surface area contributed by atoms with E-state index in [1.165, 1.54) is 0 Å². The Labute approximate surface area is 254 Å². The van der Waals surface area contributed by atoms with Gasteiger partial charge in [0.15, 0.2) is 5.65 Å². The van der Waals surface area contributed by atoms with Crippen LogP contribution >= 0.6 is 0 Å². The number of benzene rings is 1. The molecular formula is C31H45N5O6Si. The number of likely N-dealkylation sites (tertiary alicyclic amines) is 1. The molecule has 2 amide bonds. The molecule has 1 aliphatic heterocycles. The molecule has 0 spiro atoms. The number of amides is 2. The largest absolute Gasteiger partial charge is 0.471 e. The van der Waals surface area contributed by atoms with Crippen LogP contribution in [0.3, 0.4) is 0 Å². The minimum atomic E-state index is -1.24. The summed E-state index contributed by atoms with van der Waals surface area (Å²) < 4.78 is 24.8. The van der Waals surface area contributed by atoms with Crippen molar-refractivity contribution in [3.8, 4) is 5.88 Å². The van der Waals surface area contributed by atoms with Crippen molar-refractivity contribution in [2.45, 2.75) is 83.9 Å². The lowest BCUT2D eigenvalue weighted by Crippen LogP contribution is -2.49. The summed E-state index contributed by atoms with van der Waals surface area (Å²) >= 11 is 0. The van der Waals surface area contributed by atoms with Gasteiger partial charge in [0.25, 0.3) is 5.91 Å². The molecule has 1 N–H and O–H groups in total. The van der Waals surface area contributed by atoms with E-state index in [0.717, 1.165) is 24.4 Å². The van der Waals surface area contributed by atoms with Crippen molar-refractivity contribution < 1.29 is 28.5 Å². The number of hydrogen-bond donors (Lipinski definition) is 1. The van der Waals surface area contributed by atoms with Gasteiger partial charge in [0.05, 0.1) is 24.9 Å². The molecule has 1 aliphatic rings. The highest BCUT2D eigenvalue weighted by molar-refractivity contribution is 6.76. The highest BCUT2D eigenvalue weighted by Crippen LogP contribution is 2.25. The Morgan fingerprint density at radius 3 is 2.65 bits per heavy atom. The molecule has 12 heteroatoms. The van der Waals surface area contributed by atoms with Crippen LogP contribution < -0.4 is 10.1 Å². The zero-order chi connectivity index (χ0) is 31.0. The summed E-state index contributed by atoms with van der Waals surface area (Å²) in [6.07, 6.45) is 4.13. The average Bonchev–Trinajstić information content (AvgIpc) is 3.33. The van der Waals surface area contributed by atoms with Crippen LogP contribution in [0.4, 0.5) is 4.79 Å². The van der Waals surface area contributed by atoms with Crippen molar-refractivity contribution in [3.63, 3.8) is 0 Å². The molecule has 0 aliphatic carbocycles. The number of carbonyl (C=O) groups excluding carboxylic acids is 2. The van der Waals surface area contributed by atoms with Gasteiger partial charge in [-0.15, -0.1) is 0 Å². The molecule has 0 bridgehead atoms. The third kappa shape index (κ3) is 9.25. The smallest absolute Gasteiger partial charge is 0.410 e. The number of fused-ring (bicyclic) bond motifs is 1. The number of aromatic nitrogens is 3. The van der Waals surface area contributed by atoms with Gasteiger partial charge in [0, 0.05) is 40.1 Å². The first-order valence-electron chi connectivity index (χ1n) is 14.9. The lowest BCUT2D eigenvalue weighted by atomic mass is 10.0. The molecule has 3 aromatic rings. The SMILES string of the molecule is COC[C@@H](C)NC(=O)c1cn(COCC[Si](C)(C)C)c2ncc(O[C@@H]3CC[C@H](C)N(C(=O)OCc4ccccc4)C3)nc12. The first-order chi connectivity index (χ1) is 20.5. The van der Waals surface area contributed by atoms with Crippen LogP contribution in [-0.2, 0) is 27.5 Å². The number of hydrogen-bond acceptors (Lipinski definition) is 8. The van der Waals surface area contributed by atoms with Crippen molar-refractivity contribution in [3.05, 3.63) is 53.9 Å². The van der Waals surface area contributed by atoms with Crippen molar-refractivity contribution in [1.82, 2.24) is 24.8 Å². The van der Waals surface area contributed by atoms with Crippen LogP contribution in [0.15, 0.2) is 42.7 Å². The Bertz CT molecular complexity index is 1360. The van der Waals surface area contributed by atoms with Crippen LogP contribution in [0.2, 0.25) is 25.7 Å². The number of nitrogens with zero attached hydrogens (tertiary/aromatic N) is 4. The molecule has 0 unspecified atom stereocenters. The van der Waals surface area contributed by atoms with E-state index >= 15 is 0 Å². The maximum atomic E-state index is 13.3. The van der Waals surface area contributed by atoms with Crippen molar-refractivity contribution >= 4 is 31.2 Å². The van der Waals surface area contributed by atoms with Gasteiger partial charge in [-0.25, -0.2) is 14.8 Å². The molecular weight excluding hydrogens is 566 g/mol. The fourth-order valence-corrected chi connectivity index (χ4v) is 5.65. The molecule has 2 aromatic heterocycles. The predicted octanol–water partition coefficient (Wildman–Crippen LogP) is 5.08. The van der Waals surface area contributed by atoms with Gasteiger partial charge in [-0.2, -0.15) is 0 Å². The minimum absolute atomic E-state index is 0.0241. The molecule has 4 rings (SSSR count). The van der Waals surface area contributed by atoms with Gasteiger partial charge in [-0.3, -0.25) is 4.79 Å². The molecule has 3 atom stereocenters. The normalized spacial score (nSPS) is 18.0. The number of nitrogens with one attached hydrogen (secondary N) is 1. The summed E-state index contributed by atoms with van der Waals surface area (Å²) in [5, 5.41) is 2.96. The molecule has 1 saturated heterocycles. The maximum absolute atomic E-state index is 13.3. The van der Waals surface area contributed by atoms with Crippen molar-refractivity contribution in [2.75, 3.05) is 26.9 Å². The standard InChI is InChI=1S/C31H45N5O6Si/c1-22(19-39-3)33-30(37)26-18-35(21-40-14-15-43(4,5)6)29-28(26)34-27(16-32-29)42-25-13-12-23(2)36(17-25)31(38)41-20-24-10-8-7-9-11-24/h7-11,16,18,22-23,25H,12-15,17,19-21H2,1-6H3,(H,33,37)/t22-,23+,25-/m1/s1. The summed E-state index contributed by atoms with van der Waals surface area (Å²) in [7, 11) is 0.354. The van der Waals surface area contributed by atoms with E-state index in [-0.39, 0.29) is 43.5 Å². The van der Waals surface area contributed by atoms with E-state index in [0.29, 0.717) is 42.4 Å². The summed E-state index contributed by atoms with van der Waals surface area (Å²) in [5.41, 5.74) is 2.28. The third-order valence-electron chi connectivity index (χ3n) is 7.37. The molecule has 0 radical (unpaired) electrons. The first-order valence-corrected chi connectivity index (χ1v) is 18.6. The zero-order valence-electron chi connectivity index (χ0n) is 26.2. The topological polar surface area (TPSA) is 117 Å². The Morgan fingerprint density at radius 1 is 1.16 bits per heavy atom. The van der Waals surface area contributed by atoms with E-state index in [1.54, 1.807) is 29.0 Å². The number of ether oxygens (including phenoxy) is 4. The van der Waals surface area contributed by atoms with Gasteiger partial charge >= 0.3 is 6.09 Å². The number of rotatable bonds is 13. The van der Waals surface area contributed by atoms with Crippen LogP contribution in [0.5, 0.6) is 5.88 Å². The van der Waals surface area contributed by atoms with Gasteiger partial charge in [-0.1, -0.05) is 50.0 Å². The van der Waals surface area contributed by atoms with E-state index in [9.17, 15) is 9.59 Å². The van der Waals surface area contributed by atoms with Gasteiger partial charge in [0.1, 0.15) is 25.0 Å². The van der Waals surface area contributed by atoms with E-state index < -0.39 is 8.07 Å². The molecule has 11 nitrogen and oxygen atoms in total. The van der Waals surface area contributed by atoms with Crippen LogP contribution in [0.1, 0.15) is 42.6 Å². The molecule has 3 heterocycles. The number of carbonyl (C=O) groups is 2. The molecule has 234 valence electrons. The lowest BCUT2D eigenvalue weighted by Gasteiger charge is -2.36. The fourth-order valence-electron chi connectivity index (χ4n) is 4.89. The third-order valence-corrected chi connectivity index (χ3v) is 9.08. The van der Waals surface area contributed by atoms with Gasteiger partial charge in [0.2, 0.25) is 5.88 Å². The number of piperidine rings is 1. The molecule has 43 heavy (non-hydrogen) atoms. The van der Waals surface area contributed by atoms with Crippen LogP contribution in [0, 0.1) is 0 Å². The first kappa shape index (κ1) is 32.4. The van der Waals surface area contributed by atoms with E-state index in [4.69, 9.17) is 23.9 Å². The highest BCUT2D eigenvalue weighted by atomic mass is 28.3. The average molecular weight is 612 g/mol. The van der Waals surface area contributed by atoms with Crippen molar-refractivity contribution in [2.24, 2.45) is 0 Å². The number of methoxy groups -OCH3 is 1. The second-order valence-electron chi connectivity index (χ2n) is 12.4. The zero-order valence-corrected chi connectivity index (χ0v) is 27.2. The predicted molar refractivity (Wildman–Crippen MR) is 167 cm³/mol. The Balaban J connectivity index is 1.48. The van der Waals surface area contributed by atoms with Gasteiger partial charge < -0.3 is 33.7 Å². The Morgan fingerprint density at radius 2 is 1.93 bits per heavy atom. The van der Waals surface area contributed by atoms with E-state index in [1.807, 2.05) is 44.2 Å². The second kappa shape index (κ2) is 14.8. The van der Waals surface area contributed by atoms with Crippen molar-refractivity contribution in [1.29, 1.82) is 0 Å². The summed E-state index contributed by atoms with van der Waals surface area (Å²) in [4.78, 5) is 37.2. The Hall–Kier alpha value is -3.48. The fraction of sp³-hybridized carbons (Fsp3) is 0.548. The summed E-state index contributed by atoms with van der Waals surface area (Å²) in [6, 6.07) is 10.5.